The van der Waals surface area contributed by atoms with Crippen molar-refractivity contribution in [1.29, 1.82) is 0 Å². The first-order valence-electron chi connectivity index (χ1n) is 3.89. The van der Waals surface area contributed by atoms with Gasteiger partial charge in [0.1, 0.15) is 0 Å². The number of carbonyl (C=O) groups is 1. The molecule has 1 aromatic heterocycles. The van der Waals surface area contributed by atoms with Gasteiger partial charge in [-0.3, -0.25) is 9.48 Å². The number of hydrogen-bond acceptors (Lipinski definition) is 2. The molecule has 0 aromatic carbocycles. The fourth-order valence-corrected chi connectivity index (χ4v) is 0.843. The Bertz CT molecular complexity index is 243. The number of amides is 1. The van der Waals surface area contributed by atoms with Crippen molar-refractivity contribution in [2.24, 2.45) is 0 Å². The quantitative estimate of drug-likeness (QED) is 0.652. The third-order valence-electron chi connectivity index (χ3n) is 1.76. The fourth-order valence-electron chi connectivity index (χ4n) is 0.843. The van der Waals surface area contributed by atoms with Gasteiger partial charge in [-0.1, -0.05) is 0 Å². The molecular weight excluding hydrogens is 154 g/mol. The van der Waals surface area contributed by atoms with E-state index < -0.39 is 0 Å². The smallest absolute Gasteiger partial charge is 0.219 e. The fraction of sp³-hybridized carbons (Fsp3) is 0.500. The lowest BCUT2D eigenvalue weighted by Gasteiger charge is -2.13. The van der Waals surface area contributed by atoms with Crippen molar-refractivity contribution in [2.75, 3.05) is 13.6 Å². The van der Waals surface area contributed by atoms with E-state index in [1.165, 1.54) is 0 Å². The van der Waals surface area contributed by atoms with Crippen LogP contribution in [0.25, 0.3) is 0 Å². The number of rotatable bonds is 3. The lowest BCUT2D eigenvalue weighted by Crippen LogP contribution is -2.27. The molecule has 0 aliphatic carbocycles. The normalized spacial score (nSPS) is 9.83. The Morgan fingerprint density at radius 3 is 2.92 bits per heavy atom. The highest BCUT2D eigenvalue weighted by Crippen LogP contribution is 1.88. The molecule has 0 bridgehead atoms. The molecule has 1 amide bonds. The van der Waals surface area contributed by atoms with Gasteiger partial charge in [-0.25, -0.2) is 0 Å². The van der Waals surface area contributed by atoms with Gasteiger partial charge in [0.05, 0.1) is 6.54 Å². The minimum Gasteiger partial charge on any atom is -0.344 e. The van der Waals surface area contributed by atoms with Crippen LogP contribution in [0.4, 0.5) is 0 Å². The standard InChI is InChI=1S/C8H13N3O/c1-8(12)10(2)6-7-11-5-3-4-9-11/h3-5H,6-7H2,1-2H3. The van der Waals surface area contributed by atoms with Crippen LogP contribution in [0.1, 0.15) is 6.92 Å². The zero-order valence-corrected chi connectivity index (χ0v) is 7.40. The first-order valence-corrected chi connectivity index (χ1v) is 3.89. The van der Waals surface area contributed by atoms with Gasteiger partial charge >= 0.3 is 0 Å². The highest BCUT2D eigenvalue weighted by atomic mass is 16.2. The molecule has 0 radical (unpaired) electrons. The molecule has 4 heteroatoms. The summed E-state index contributed by atoms with van der Waals surface area (Å²) in [6.45, 7) is 3.02. The first-order chi connectivity index (χ1) is 5.70. The summed E-state index contributed by atoms with van der Waals surface area (Å²) in [4.78, 5) is 12.5. The Morgan fingerprint density at radius 1 is 1.67 bits per heavy atom. The zero-order valence-electron chi connectivity index (χ0n) is 7.40. The molecule has 0 unspecified atom stereocenters. The molecule has 1 aromatic rings. The van der Waals surface area contributed by atoms with Crippen molar-refractivity contribution in [1.82, 2.24) is 14.7 Å². The summed E-state index contributed by atoms with van der Waals surface area (Å²) in [5.74, 6) is 0.0853. The molecule has 66 valence electrons. The summed E-state index contributed by atoms with van der Waals surface area (Å²) >= 11 is 0. The summed E-state index contributed by atoms with van der Waals surface area (Å²) < 4.78 is 1.80. The van der Waals surface area contributed by atoms with Gasteiger partial charge in [0, 0.05) is 32.9 Å². The van der Waals surface area contributed by atoms with Crippen molar-refractivity contribution in [2.45, 2.75) is 13.5 Å². The Kier molecular flexibility index (Phi) is 2.85. The maximum Gasteiger partial charge on any atom is 0.219 e. The van der Waals surface area contributed by atoms with Gasteiger partial charge in [-0.15, -0.1) is 0 Å². The summed E-state index contributed by atoms with van der Waals surface area (Å²) in [5.41, 5.74) is 0. The SMILES string of the molecule is CC(=O)N(C)CCn1cccn1. The Labute approximate surface area is 71.8 Å². The summed E-state index contributed by atoms with van der Waals surface area (Å²) in [6.07, 6.45) is 3.61. The second-order valence-electron chi connectivity index (χ2n) is 2.71. The average molecular weight is 167 g/mol. The Hall–Kier alpha value is -1.32. The van der Waals surface area contributed by atoms with Gasteiger partial charge in [-0.05, 0) is 6.07 Å². The van der Waals surface area contributed by atoms with Crippen LogP contribution in [0.15, 0.2) is 18.5 Å². The van der Waals surface area contributed by atoms with Crippen LogP contribution >= 0.6 is 0 Å². The van der Waals surface area contributed by atoms with E-state index in [0.29, 0.717) is 6.54 Å². The summed E-state index contributed by atoms with van der Waals surface area (Å²) in [5, 5.41) is 4.03. The van der Waals surface area contributed by atoms with Crippen molar-refractivity contribution < 1.29 is 4.79 Å². The third-order valence-corrected chi connectivity index (χ3v) is 1.76. The zero-order chi connectivity index (χ0) is 8.97. The molecule has 0 aliphatic rings. The topological polar surface area (TPSA) is 38.1 Å². The molecule has 0 fully saturated rings. The first kappa shape index (κ1) is 8.77. The maximum absolute atomic E-state index is 10.8. The van der Waals surface area contributed by atoms with Crippen LogP contribution in [-0.4, -0.2) is 34.2 Å². The number of likely N-dealkylation sites (N-methyl/N-ethyl adjacent to an activating group) is 1. The van der Waals surface area contributed by atoms with Crippen LogP contribution in [0, 0.1) is 0 Å². The Morgan fingerprint density at radius 2 is 2.42 bits per heavy atom. The number of carbonyl (C=O) groups excluding carboxylic acids is 1. The molecule has 0 aliphatic heterocycles. The molecule has 12 heavy (non-hydrogen) atoms. The molecule has 0 spiro atoms. The average Bonchev–Trinajstić information content (AvgIpc) is 2.51. The number of hydrogen-bond donors (Lipinski definition) is 0. The van der Waals surface area contributed by atoms with E-state index in [-0.39, 0.29) is 5.91 Å². The van der Waals surface area contributed by atoms with Crippen LogP contribution in [0.5, 0.6) is 0 Å². The second kappa shape index (κ2) is 3.90. The molecule has 0 saturated carbocycles. The van der Waals surface area contributed by atoms with Crippen molar-refractivity contribution >= 4 is 5.91 Å². The molecular formula is C8H13N3O. The monoisotopic (exact) mass is 167 g/mol. The minimum atomic E-state index is 0.0853. The largest absolute Gasteiger partial charge is 0.344 e. The molecule has 4 nitrogen and oxygen atoms in total. The van der Waals surface area contributed by atoms with Gasteiger partial charge < -0.3 is 4.90 Å². The van der Waals surface area contributed by atoms with Crippen LogP contribution in [0.3, 0.4) is 0 Å². The van der Waals surface area contributed by atoms with Crippen molar-refractivity contribution in [3.8, 4) is 0 Å². The van der Waals surface area contributed by atoms with Gasteiger partial charge in [0.15, 0.2) is 0 Å². The third kappa shape index (κ3) is 2.38. The van der Waals surface area contributed by atoms with Gasteiger partial charge in [0.25, 0.3) is 0 Å². The lowest BCUT2D eigenvalue weighted by atomic mass is 10.5. The molecule has 0 N–H and O–H groups in total. The predicted octanol–water partition coefficient (Wildman–Crippen LogP) is 0.361. The van der Waals surface area contributed by atoms with E-state index in [0.717, 1.165) is 6.54 Å². The predicted molar refractivity (Wildman–Crippen MR) is 45.5 cm³/mol. The molecule has 0 atom stereocenters. The van der Waals surface area contributed by atoms with Crippen molar-refractivity contribution in [3.63, 3.8) is 0 Å². The van der Waals surface area contributed by atoms with Gasteiger partial charge in [-0.2, -0.15) is 5.10 Å². The summed E-state index contributed by atoms with van der Waals surface area (Å²) in [6, 6.07) is 1.87. The highest BCUT2D eigenvalue weighted by molar-refractivity contribution is 5.72. The van der Waals surface area contributed by atoms with E-state index in [1.54, 1.807) is 29.7 Å². The van der Waals surface area contributed by atoms with E-state index in [4.69, 9.17) is 0 Å². The number of aromatic nitrogens is 2. The number of nitrogens with zero attached hydrogens (tertiary/aromatic N) is 3. The molecule has 1 heterocycles. The minimum absolute atomic E-state index is 0.0853. The van der Waals surface area contributed by atoms with Gasteiger partial charge in [0.2, 0.25) is 5.91 Å². The highest BCUT2D eigenvalue weighted by Gasteiger charge is 2.00. The van der Waals surface area contributed by atoms with Crippen molar-refractivity contribution in [3.05, 3.63) is 18.5 Å². The Balaban J connectivity index is 2.31. The van der Waals surface area contributed by atoms with E-state index in [1.807, 2.05) is 12.3 Å². The van der Waals surface area contributed by atoms with Crippen LogP contribution in [-0.2, 0) is 11.3 Å². The molecule has 1 rings (SSSR count). The maximum atomic E-state index is 10.8. The van der Waals surface area contributed by atoms with E-state index >= 15 is 0 Å². The lowest BCUT2D eigenvalue weighted by molar-refractivity contribution is -0.127. The summed E-state index contributed by atoms with van der Waals surface area (Å²) in [7, 11) is 1.78. The van der Waals surface area contributed by atoms with Crippen LogP contribution < -0.4 is 0 Å². The van der Waals surface area contributed by atoms with Crippen LogP contribution in [0.2, 0.25) is 0 Å². The van der Waals surface area contributed by atoms with E-state index in [2.05, 4.69) is 5.10 Å². The molecule has 0 saturated heterocycles. The van der Waals surface area contributed by atoms with E-state index in [9.17, 15) is 4.79 Å². The second-order valence-corrected chi connectivity index (χ2v) is 2.71.